The van der Waals surface area contributed by atoms with Gasteiger partial charge in [-0.3, -0.25) is 9.20 Å². The molecule has 150 valence electrons. The molecule has 3 rings (SSSR count). The van der Waals surface area contributed by atoms with Gasteiger partial charge in [0.25, 0.3) is 5.91 Å². The molecule has 0 saturated carbocycles. The Morgan fingerprint density at radius 2 is 1.90 bits per heavy atom. The number of nitrogens with zero attached hydrogens (tertiary/aromatic N) is 2. The predicted octanol–water partition coefficient (Wildman–Crippen LogP) is 4.50. The van der Waals surface area contributed by atoms with Crippen LogP contribution in [0, 0.1) is 20.8 Å². The molecule has 2 aromatic heterocycles. The van der Waals surface area contributed by atoms with Crippen LogP contribution in [0.1, 0.15) is 29.3 Å². The summed E-state index contributed by atoms with van der Waals surface area (Å²) in [7, 11) is 0. The molecule has 0 radical (unpaired) electrons. The van der Waals surface area contributed by atoms with Gasteiger partial charge in [0.2, 0.25) is 0 Å². The molecule has 0 bridgehead atoms. The molecular formula is C22H22ClN3O3. The number of amides is 1. The van der Waals surface area contributed by atoms with Gasteiger partial charge >= 0.3 is 5.97 Å². The van der Waals surface area contributed by atoms with Crippen LogP contribution in [0.25, 0.3) is 11.7 Å². The first-order valence-electron chi connectivity index (χ1n) is 9.16. The highest BCUT2D eigenvalue weighted by molar-refractivity contribution is 6.31. The molecule has 0 aliphatic heterocycles. The van der Waals surface area contributed by atoms with E-state index in [-0.39, 0.29) is 5.15 Å². The lowest BCUT2D eigenvalue weighted by atomic mass is 10.0. The average molecular weight is 412 g/mol. The fourth-order valence-corrected chi connectivity index (χ4v) is 3.39. The van der Waals surface area contributed by atoms with Crippen molar-refractivity contribution < 1.29 is 14.3 Å². The molecule has 29 heavy (non-hydrogen) atoms. The Morgan fingerprint density at radius 3 is 2.59 bits per heavy atom. The largest absolute Gasteiger partial charge is 0.449 e. The summed E-state index contributed by atoms with van der Waals surface area (Å²) in [6.07, 6.45) is 3.59. The minimum Gasteiger partial charge on any atom is -0.449 e. The maximum absolute atomic E-state index is 12.5. The SMILES string of the molecule is Cc1cc(C)c(NC(=O)[C@@H](C)OC(=O)/C=C/c2c(Cl)nc3ccccn23)c(C)c1. The Labute approximate surface area is 174 Å². The lowest BCUT2D eigenvalue weighted by Gasteiger charge is -2.16. The number of rotatable bonds is 5. The highest BCUT2D eigenvalue weighted by Crippen LogP contribution is 2.22. The first-order valence-corrected chi connectivity index (χ1v) is 9.54. The van der Waals surface area contributed by atoms with Gasteiger partial charge in [-0.25, -0.2) is 9.78 Å². The summed E-state index contributed by atoms with van der Waals surface area (Å²) in [5.74, 6) is -1.04. The predicted molar refractivity (Wildman–Crippen MR) is 114 cm³/mol. The maximum atomic E-state index is 12.5. The second-order valence-corrected chi connectivity index (χ2v) is 7.25. The number of hydrogen-bond acceptors (Lipinski definition) is 4. The van der Waals surface area contributed by atoms with E-state index in [1.165, 1.54) is 19.1 Å². The number of esters is 1. The fraction of sp³-hybridized carbons (Fsp3) is 0.227. The van der Waals surface area contributed by atoms with Gasteiger partial charge in [0.05, 0.1) is 5.69 Å². The van der Waals surface area contributed by atoms with Crippen molar-refractivity contribution in [2.75, 3.05) is 5.32 Å². The third-order valence-corrected chi connectivity index (χ3v) is 4.76. The normalized spacial score (nSPS) is 12.3. The molecule has 1 aromatic carbocycles. The van der Waals surface area contributed by atoms with Gasteiger partial charge in [0.1, 0.15) is 5.65 Å². The van der Waals surface area contributed by atoms with E-state index >= 15 is 0 Å². The number of imidazole rings is 1. The first kappa shape index (κ1) is 20.6. The minimum atomic E-state index is -0.954. The number of carbonyl (C=O) groups excluding carboxylic acids is 2. The molecule has 0 aliphatic carbocycles. The summed E-state index contributed by atoms with van der Waals surface area (Å²) >= 11 is 6.14. The number of fused-ring (bicyclic) bond motifs is 1. The Balaban J connectivity index is 1.66. The topological polar surface area (TPSA) is 72.7 Å². The van der Waals surface area contributed by atoms with Crippen molar-refractivity contribution in [1.29, 1.82) is 0 Å². The van der Waals surface area contributed by atoms with E-state index in [0.717, 1.165) is 22.4 Å². The molecule has 1 amide bonds. The Kier molecular flexibility index (Phi) is 6.03. The van der Waals surface area contributed by atoms with Crippen LogP contribution >= 0.6 is 11.6 Å². The maximum Gasteiger partial charge on any atom is 0.331 e. The van der Waals surface area contributed by atoms with E-state index in [2.05, 4.69) is 10.3 Å². The average Bonchev–Trinajstić information content (AvgIpc) is 2.97. The van der Waals surface area contributed by atoms with Crippen LogP contribution in [0.3, 0.4) is 0 Å². The van der Waals surface area contributed by atoms with E-state index in [0.29, 0.717) is 11.3 Å². The van der Waals surface area contributed by atoms with E-state index in [9.17, 15) is 9.59 Å². The zero-order chi connectivity index (χ0) is 21.1. The van der Waals surface area contributed by atoms with Gasteiger partial charge in [0.15, 0.2) is 11.3 Å². The van der Waals surface area contributed by atoms with Gasteiger partial charge in [-0.15, -0.1) is 0 Å². The van der Waals surface area contributed by atoms with Crippen molar-refractivity contribution in [1.82, 2.24) is 9.38 Å². The van der Waals surface area contributed by atoms with Crippen molar-refractivity contribution in [2.45, 2.75) is 33.8 Å². The van der Waals surface area contributed by atoms with E-state index in [4.69, 9.17) is 16.3 Å². The van der Waals surface area contributed by atoms with E-state index < -0.39 is 18.0 Å². The molecule has 2 heterocycles. The number of nitrogens with one attached hydrogen (secondary N) is 1. The molecule has 1 atom stereocenters. The number of carbonyl (C=O) groups is 2. The summed E-state index contributed by atoms with van der Waals surface area (Å²) in [5.41, 5.74) is 4.99. The van der Waals surface area contributed by atoms with Crippen molar-refractivity contribution in [3.05, 3.63) is 70.1 Å². The molecule has 3 aromatic rings. The van der Waals surface area contributed by atoms with Crippen LogP contribution in [-0.2, 0) is 14.3 Å². The summed E-state index contributed by atoms with van der Waals surface area (Å²) in [6, 6.07) is 9.46. The number of aryl methyl sites for hydroxylation is 3. The molecule has 1 N–H and O–H groups in total. The highest BCUT2D eigenvalue weighted by atomic mass is 35.5. The Hall–Kier alpha value is -3.12. The summed E-state index contributed by atoms with van der Waals surface area (Å²) < 4.78 is 6.98. The summed E-state index contributed by atoms with van der Waals surface area (Å²) in [4.78, 5) is 28.8. The monoisotopic (exact) mass is 411 g/mol. The van der Waals surface area contributed by atoms with Crippen LogP contribution in [0.2, 0.25) is 5.15 Å². The lowest BCUT2D eigenvalue weighted by molar-refractivity contribution is -0.148. The van der Waals surface area contributed by atoms with Crippen molar-refractivity contribution in [3.63, 3.8) is 0 Å². The molecule has 0 aliphatic rings. The minimum absolute atomic E-state index is 0.274. The van der Waals surface area contributed by atoms with Crippen molar-refractivity contribution >= 4 is 40.9 Å². The van der Waals surface area contributed by atoms with Crippen LogP contribution in [0.15, 0.2) is 42.6 Å². The zero-order valence-corrected chi connectivity index (χ0v) is 17.4. The van der Waals surface area contributed by atoms with E-state index in [1.807, 2.05) is 51.1 Å². The first-order chi connectivity index (χ1) is 13.8. The number of aromatic nitrogens is 2. The Morgan fingerprint density at radius 1 is 1.21 bits per heavy atom. The molecule has 6 nitrogen and oxygen atoms in total. The quantitative estimate of drug-likeness (QED) is 0.495. The zero-order valence-electron chi connectivity index (χ0n) is 16.7. The van der Waals surface area contributed by atoms with Crippen LogP contribution in [0.4, 0.5) is 5.69 Å². The fourth-order valence-electron chi connectivity index (χ4n) is 3.15. The summed E-state index contributed by atoms with van der Waals surface area (Å²) in [6.45, 7) is 7.38. The number of anilines is 1. The molecule has 7 heteroatoms. The van der Waals surface area contributed by atoms with Gasteiger partial charge in [-0.2, -0.15) is 0 Å². The third-order valence-electron chi connectivity index (χ3n) is 4.49. The number of hydrogen-bond donors (Lipinski definition) is 1. The standard InChI is InChI=1S/C22H22ClN3O3/c1-13-11-14(2)20(15(3)12-13)25-22(28)16(4)29-19(27)9-8-17-21(23)24-18-7-5-6-10-26(17)18/h5-12,16H,1-4H3,(H,25,28)/b9-8+/t16-/m1/s1. The highest BCUT2D eigenvalue weighted by Gasteiger charge is 2.18. The van der Waals surface area contributed by atoms with Crippen LogP contribution in [0.5, 0.6) is 0 Å². The van der Waals surface area contributed by atoms with Gasteiger partial charge in [0, 0.05) is 18.0 Å². The van der Waals surface area contributed by atoms with Crippen LogP contribution < -0.4 is 5.32 Å². The van der Waals surface area contributed by atoms with Gasteiger partial charge in [-0.05, 0) is 57.0 Å². The van der Waals surface area contributed by atoms with E-state index in [1.54, 1.807) is 10.6 Å². The van der Waals surface area contributed by atoms with Crippen molar-refractivity contribution in [3.8, 4) is 0 Å². The molecular weight excluding hydrogens is 390 g/mol. The van der Waals surface area contributed by atoms with Crippen molar-refractivity contribution in [2.24, 2.45) is 0 Å². The molecule has 0 fully saturated rings. The lowest BCUT2D eigenvalue weighted by Crippen LogP contribution is -2.30. The number of halogens is 1. The Bertz CT molecular complexity index is 1090. The van der Waals surface area contributed by atoms with Crippen LogP contribution in [-0.4, -0.2) is 27.4 Å². The second kappa shape index (κ2) is 8.49. The molecule has 0 saturated heterocycles. The number of benzene rings is 1. The summed E-state index contributed by atoms with van der Waals surface area (Å²) in [5, 5.41) is 3.11. The smallest absolute Gasteiger partial charge is 0.331 e. The molecule has 0 spiro atoms. The number of pyridine rings is 1. The number of ether oxygens (including phenoxy) is 1. The van der Waals surface area contributed by atoms with Gasteiger partial charge in [-0.1, -0.05) is 35.4 Å². The van der Waals surface area contributed by atoms with Gasteiger partial charge < -0.3 is 10.1 Å². The molecule has 0 unspecified atom stereocenters. The third kappa shape index (κ3) is 4.66. The second-order valence-electron chi connectivity index (χ2n) is 6.89.